The third-order valence-corrected chi connectivity index (χ3v) is 7.27. The first-order valence-corrected chi connectivity index (χ1v) is 13.8. The predicted octanol–water partition coefficient (Wildman–Crippen LogP) is 4.43. The summed E-state index contributed by atoms with van der Waals surface area (Å²) >= 11 is 0. The normalized spacial score (nSPS) is 17.3. The SMILES string of the molecule is CCCCc1nc2c(N)nc3ccccc3c2n1CCCCNC(=O)CCCCCC1NC(=O)NC1C. The summed E-state index contributed by atoms with van der Waals surface area (Å²) in [5.41, 5.74) is 9.04. The van der Waals surface area contributed by atoms with Crippen molar-refractivity contribution in [3.8, 4) is 0 Å². The van der Waals surface area contributed by atoms with E-state index in [1.165, 1.54) is 0 Å². The quantitative estimate of drug-likeness (QED) is 0.240. The first kappa shape index (κ1) is 26.7. The van der Waals surface area contributed by atoms with E-state index in [1.807, 2.05) is 25.1 Å². The molecular formula is C28H41N7O2. The summed E-state index contributed by atoms with van der Waals surface area (Å²) in [5.74, 6) is 1.66. The van der Waals surface area contributed by atoms with Crippen LogP contribution in [0.25, 0.3) is 21.9 Å². The van der Waals surface area contributed by atoms with Crippen molar-refractivity contribution in [2.45, 2.75) is 96.7 Å². The molecule has 0 saturated carbocycles. The van der Waals surface area contributed by atoms with Crippen molar-refractivity contribution < 1.29 is 9.59 Å². The number of anilines is 1. The fraction of sp³-hybridized carbons (Fsp3) is 0.571. The van der Waals surface area contributed by atoms with Gasteiger partial charge in [0.05, 0.1) is 17.1 Å². The van der Waals surface area contributed by atoms with Gasteiger partial charge in [0.1, 0.15) is 11.3 Å². The monoisotopic (exact) mass is 507 g/mol. The molecule has 2 aromatic heterocycles. The molecule has 1 aliphatic rings. The first-order chi connectivity index (χ1) is 18.0. The number of aromatic nitrogens is 3. The number of imidazole rings is 1. The maximum Gasteiger partial charge on any atom is 0.315 e. The van der Waals surface area contributed by atoms with Crippen LogP contribution in [0.1, 0.15) is 77.5 Å². The van der Waals surface area contributed by atoms with Crippen molar-refractivity contribution in [3.05, 3.63) is 30.1 Å². The van der Waals surface area contributed by atoms with E-state index in [9.17, 15) is 9.59 Å². The lowest BCUT2D eigenvalue weighted by Crippen LogP contribution is -2.30. The number of nitrogens with one attached hydrogen (secondary N) is 3. The average molecular weight is 508 g/mol. The van der Waals surface area contributed by atoms with Gasteiger partial charge in [0.2, 0.25) is 5.91 Å². The predicted molar refractivity (Wildman–Crippen MR) is 148 cm³/mol. The molecule has 1 aromatic carbocycles. The van der Waals surface area contributed by atoms with Crippen molar-refractivity contribution in [2.24, 2.45) is 0 Å². The fourth-order valence-electron chi connectivity index (χ4n) is 5.17. The van der Waals surface area contributed by atoms with E-state index >= 15 is 0 Å². The summed E-state index contributed by atoms with van der Waals surface area (Å²) in [6, 6.07) is 8.39. The highest BCUT2D eigenvalue weighted by molar-refractivity contribution is 6.06. The molecule has 0 radical (unpaired) electrons. The van der Waals surface area contributed by atoms with Crippen LogP contribution in [0.5, 0.6) is 0 Å². The van der Waals surface area contributed by atoms with Gasteiger partial charge in [-0.05, 0) is 45.1 Å². The van der Waals surface area contributed by atoms with Crippen molar-refractivity contribution in [2.75, 3.05) is 12.3 Å². The largest absolute Gasteiger partial charge is 0.382 e. The summed E-state index contributed by atoms with van der Waals surface area (Å²) in [7, 11) is 0. The summed E-state index contributed by atoms with van der Waals surface area (Å²) in [6.45, 7) is 5.72. The van der Waals surface area contributed by atoms with Crippen LogP contribution in [0.15, 0.2) is 24.3 Å². The number of amides is 3. The minimum Gasteiger partial charge on any atom is -0.382 e. The zero-order valence-corrected chi connectivity index (χ0v) is 22.2. The minimum atomic E-state index is -0.0789. The van der Waals surface area contributed by atoms with Gasteiger partial charge in [-0.15, -0.1) is 0 Å². The molecule has 200 valence electrons. The van der Waals surface area contributed by atoms with E-state index in [1.54, 1.807) is 0 Å². The molecule has 9 nitrogen and oxygen atoms in total. The zero-order chi connectivity index (χ0) is 26.2. The van der Waals surface area contributed by atoms with E-state index < -0.39 is 0 Å². The molecule has 37 heavy (non-hydrogen) atoms. The first-order valence-electron chi connectivity index (χ1n) is 13.8. The number of carbonyl (C=O) groups excluding carboxylic acids is 2. The Hall–Kier alpha value is -3.36. The number of urea groups is 1. The molecule has 9 heteroatoms. The summed E-state index contributed by atoms with van der Waals surface area (Å²) in [4.78, 5) is 33.1. The summed E-state index contributed by atoms with van der Waals surface area (Å²) in [6.07, 6.45) is 9.33. The highest BCUT2D eigenvalue weighted by Gasteiger charge is 2.26. The second kappa shape index (κ2) is 12.7. The van der Waals surface area contributed by atoms with Crippen LogP contribution in [0, 0.1) is 0 Å². The lowest BCUT2D eigenvalue weighted by Gasteiger charge is -2.13. The molecule has 0 spiro atoms. The van der Waals surface area contributed by atoms with E-state index in [2.05, 4.69) is 38.5 Å². The van der Waals surface area contributed by atoms with Crippen LogP contribution in [0.2, 0.25) is 0 Å². The Balaban J connectivity index is 1.23. The van der Waals surface area contributed by atoms with Gasteiger partial charge in [0.15, 0.2) is 5.82 Å². The standard InChI is InChI=1S/C28H41N7O2/c1-3-4-15-23-34-25-26(20-12-8-9-14-22(20)32-27(25)29)35(23)18-11-10-17-30-24(36)16-7-5-6-13-21-19(2)31-28(37)33-21/h8-9,12,14,19,21H,3-7,10-11,13,15-18H2,1-2H3,(H2,29,32)(H,30,36)(H2,31,33,37). The van der Waals surface area contributed by atoms with Gasteiger partial charge in [-0.3, -0.25) is 4.79 Å². The second-order valence-corrected chi connectivity index (χ2v) is 10.2. The molecule has 0 aliphatic carbocycles. The van der Waals surface area contributed by atoms with Crippen LogP contribution in [-0.4, -0.2) is 45.1 Å². The number of benzene rings is 1. The molecule has 4 rings (SSSR count). The Morgan fingerprint density at radius 2 is 1.92 bits per heavy atom. The number of carbonyl (C=O) groups is 2. The van der Waals surface area contributed by atoms with Crippen LogP contribution in [-0.2, 0) is 17.8 Å². The molecule has 1 saturated heterocycles. The number of nitrogen functional groups attached to an aromatic ring is 1. The van der Waals surface area contributed by atoms with E-state index in [4.69, 9.17) is 10.7 Å². The second-order valence-electron chi connectivity index (χ2n) is 10.2. The highest BCUT2D eigenvalue weighted by atomic mass is 16.2. The average Bonchev–Trinajstić information content (AvgIpc) is 3.41. The van der Waals surface area contributed by atoms with Crippen molar-refractivity contribution in [3.63, 3.8) is 0 Å². The third-order valence-electron chi connectivity index (χ3n) is 7.27. The number of aryl methyl sites for hydroxylation is 2. The van der Waals surface area contributed by atoms with Gasteiger partial charge >= 0.3 is 6.03 Å². The minimum absolute atomic E-state index is 0.0789. The van der Waals surface area contributed by atoms with E-state index in [0.29, 0.717) is 18.8 Å². The number of hydrogen-bond donors (Lipinski definition) is 4. The molecule has 2 atom stereocenters. The van der Waals surface area contributed by atoms with Gasteiger partial charge in [-0.25, -0.2) is 14.8 Å². The smallest absolute Gasteiger partial charge is 0.315 e. The number of pyridine rings is 1. The van der Waals surface area contributed by atoms with E-state index in [0.717, 1.165) is 92.1 Å². The Morgan fingerprint density at radius 1 is 1.08 bits per heavy atom. The topological polar surface area (TPSA) is 127 Å². The van der Waals surface area contributed by atoms with E-state index in [-0.39, 0.29) is 24.0 Å². The van der Waals surface area contributed by atoms with Crippen LogP contribution in [0.4, 0.5) is 10.6 Å². The molecule has 1 fully saturated rings. The number of nitrogens with zero attached hydrogens (tertiary/aromatic N) is 3. The maximum atomic E-state index is 12.3. The Morgan fingerprint density at radius 3 is 2.70 bits per heavy atom. The van der Waals surface area contributed by atoms with Gasteiger partial charge in [-0.2, -0.15) is 0 Å². The van der Waals surface area contributed by atoms with Crippen molar-refractivity contribution in [1.82, 2.24) is 30.5 Å². The lowest BCUT2D eigenvalue weighted by molar-refractivity contribution is -0.121. The molecule has 1 aliphatic heterocycles. The molecule has 0 bridgehead atoms. The van der Waals surface area contributed by atoms with Gasteiger partial charge in [-0.1, -0.05) is 44.4 Å². The Labute approximate surface area is 219 Å². The van der Waals surface area contributed by atoms with Gasteiger partial charge < -0.3 is 26.3 Å². The summed E-state index contributed by atoms with van der Waals surface area (Å²) in [5, 5.41) is 9.97. The number of fused-ring (bicyclic) bond motifs is 3. The number of hydrogen-bond acceptors (Lipinski definition) is 5. The Kier molecular flexibility index (Phi) is 9.19. The molecular weight excluding hydrogens is 466 g/mol. The van der Waals surface area contributed by atoms with Crippen LogP contribution < -0.4 is 21.7 Å². The number of unbranched alkanes of at least 4 members (excludes halogenated alkanes) is 4. The number of para-hydroxylation sites is 1. The zero-order valence-electron chi connectivity index (χ0n) is 22.2. The van der Waals surface area contributed by atoms with Crippen LogP contribution in [0.3, 0.4) is 0 Å². The van der Waals surface area contributed by atoms with Gasteiger partial charge in [0, 0.05) is 37.4 Å². The molecule has 2 unspecified atom stereocenters. The number of nitrogens with two attached hydrogens (primary N) is 1. The van der Waals surface area contributed by atoms with Crippen LogP contribution >= 0.6 is 0 Å². The maximum absolute atomic E-state index is 12.3. The molecule has 3 heterocycles. The molecule has 5 N–H and O–H groups in total. The van der Waals surface area contributed by atoms with Gasteiger partial charge in [0.25, 0.3) is 0 Å². The third kappa shape index (κ3) is 6.70. The highest BCUT2D eigenvalue weighted by Crippen LogP contribution is 2.29. The lowest BCUT2D eigenvalue weighted by atomic mass is 10.0. The number of rotatable bonds is 14. The fourth-order valence-corrected chi connectivity index (χ4v) is 5.17. The van der Waals surface area contributed by atoms with Crippen molar-refractivity contribution >= 4 is 39.7 Å². The Bertz CT molecular complexity index is 1220. The summed E-state index contributed by atoms with van der Waals surface area (Å²) < 4.78 is 2.32. The molecule has 3 amide bonds. The molecule has 3 aromatic rings. The van der Waals surface area contributed by atoms with Crippen molar-refractivity contribution in [1.29, 1.82) is 0 Å².